The first-order valence-electron chi connectivity index (χ1n) is 8.71. The van der Waals surface area contributed by atoms with E-state index in [0.717, 1.165) is 48.1 Å². The van der Waals surface area contributed by atoms with Crippen molar-refractivity contribution < 1.29 is 4.79 Å². The number of carbonyl (C=O) groups is 1. The Morgan fingerprint density at radius 2 is 1.85 bits per heavy atom. The number of aromatic nitrogens is 1. The van der Waals surface area contributed by atoms with Gasteiger partial charge in [0.1, 0.15) is 0 Å². The lowest BCUT2D eigenvalue weighted by atomic mass is 10.0. The second-order valence-electron chi connectivity index (χ2n) is 6.93. The lowest BCUT2D eigenvalue weighted by molar-refractivity contribution is 0.0705. The summed E-state index contributed by atoms with van der Waals surface area (Å²) < 4.78 is 0. The quantitative estimate of drug-likeness (QED) is 0.805. The SMILES string of the molecule is CN(C(=O)c1cc(C2CC2)nc2ccc(Cl)cc12)C1CCNCC1.Cl.Cl. The molecule has 1 aromatic heterocycles. The third kappa shape index (κ3) is 4.25. The Kier molecular flexibility index (Phi) is 7.14. The predicted octanol–water partition coefficient (Wildman–Crippen LogP) is 4.43. The summed E-state index contributed by atoms with van der Waals surface area (Å²) in [5.74, 6) is 0.597. The summed E-state index contributed by atoms with van der Waals surface area (Å²) in [5.41, 5.74) is 2.66. The molecule has 2 aliphatic rings. The maximum Gasteiger partial charge on any atom is 0.254 e. The topological polar surface area (TPSA) is 45.2 Å². The van der Waals surface area contributed by atoms with Crippen molar-refractivity contribution in [3.8, 4) is 0 Å². The van der Waals surface area contributed by atoms with Crippen LogP contribution >= 0.6 is 36.4 Å². The number of amides is 1. The first-order valence-corrected chi connectivity index (χ1v) is 9.09. The van der Waals surface area contributed by atoms with Crippen LogP contribution in [0, 0.1) is 0 Å². The average Bonchev–Trinajstić information content (AvgIpc) is 3.45. The molecule has 0 bridgehead atoms. The summed E-state index contributed by atoms with van der Waals surface area (Å²) in [6, 6.07) is 7.93. The van der Waals surface area contributed by atoms with Gasteiger partial charge in [-0.3, -0.25) is 9.78 Å². The molecule has 26 heavy (non-hydrogen) atoms. The van der Waals surface area contributed by atoms with Crippen molar-refractivity contribution in [3.05, 3.63) is 40.5 Å². The number of rotatable bonds is 3. The van der Waals surface area contributed by atoms with Crippen molar-refractivity contribution in [1.82, 2.24) is 15.2 Å². The monoisotopic (exact) mass is 415 g/mol. The molecular weight excluding hydrogens is 393 g/mol. The van der Waals surface area contributed by atoms with Gasteiger partial charge in [0.15, 0.2) is 0 Å². The molecule has 0 atom stereocenters. The van der Waals surface area contributed by atoms with Gasteiger partial charge in [-0.05, 0) is 63.0 Å². The Hall–Kier alpha value is -1.07. The highest BCUT2D eigenvalue weighted by Gasteiger charge is 2.29. The number of hydrogen-bond acceptors (Lipinski definition) is 3. The molecule has 2 aromatic rings. The summed E-state index contributed by atoms with van der Waals surface area (Å²) >= 11 is 6.18. The number of hydrogen-bond donors (Lipinski definition) is 1. The second-order valence-corrected chi connectivity index (χ2v) is 7.36. The summed E-state index contributed by atoms with van der Waals surface area (Å²) in [5, 5.41) is 4.85. The Morgan fingerprint density at radius 1 is 1.15 bits per heavy atom. The minimum Gasteiger partial charge on any atom is -0.339 e. The molecule has 1 saturated carbocycles. The number of piperidine rings is 1. The zero-order chi connectivity index (χ0) is 16.7. The van der Waals surface area contributed by atoms with Gasteiger partial charge in [-0.1, -0.05) is 11.6 Å². The molecule has 4 rings (SSSR count). The lowest BCUT2D eigenvalue weighted by Crippen LogP contribution is -2.44. The third-order valence-electron chi connectivity index (χ3n) is 5.19. The molecule has 7 heteroatoms. The van der Waals surface area contributed by atoms with E-state index < -0.39 is 0 Å². The zero-order valence-electron chi connectivity index (χ0n) is 14.7. The molecule has 142 valence electrons. The van der Waals surface area contributed by atoms with Gasteiger partial charge >= 0.3 is 0 Å². The molecule has 1 aliphatic heterocycles. The maximum atomic E-state index is 13.2. The molecular formula is C19H24Cl3N3O. The summed E-state index contributed by atoms with van der Waals surface area (Å²) in [6.45, 7) is 1.94. The van der Waals surface area contributed by atoms with Crippen LogP contribution in [0.15, 0.2) is 24.3 Å². The van der Waals surface area contributed by atoms with Crippen LogP contribution in [0.1, 0.15) is 47.7 Å². The number of pyridine rings is 1. The number of nitrogens with zero attached hydrogens (tertiary/aromatic N) is 2. The minimum absolute atomic E-state index is 0. The molecule has 1 aliphatic carbocycles. The standard InChI is InChI=1S/C19H22ClN3O.2ClH/c1-23(14-6-8-21-9-7-14)19(24)16-11-18(12-2-3-12)22-17-5-4-13(20)10-15(16)17;;/h4-5,10-12,14,21H,2-3,6-9H2,1H3;2*1H. The molecule has 0 radical (unpaired) electrons. The number of carbonyl (C=O) groups excluding carboxylic acids is 1. The molecule has 1 aromatic carbocycles. The van der Waals surface area contributed by atoms with Crippen LogP contribution in [0.3, 0.4) is 0 Å². The van der Waals surface area contributed by atoms with Crippen molar-refractivity contribution in [1.29, 1.82) is 0 Å². The van der Waals surface area contributed by atoms with Crippen molar-refractivity contribution in [2.75, 3.05) is 20.1 Å². The molecule has 1 amide bonds. The first kappa shape index (κ1) is 21.2. The first-order chi connectivity index (χ1) is 11.6. The van der Waals surface area contributed by atoms with Crippen LogP contribution < -0.4 is 5.32 Å². The fraction of sp³-hybridized carbons (Fsp3) is 0.474. The van der Waals surface area contributed by atoms with E-state index in [9.17, 15) is 4.79 Å². The van der Waals surface area contributed by atoms with E-state index in [1.807, 2.05) is 36.2 Å². The van der Waals surface area contributed by atoms with Crippen molar-refractivity contribution in [2.24, 2.45) is 0 Å². The zero-order valence-corrected chi connectivity index (χ0v) is 17.1. The smallest absolute Gasteiger partial charge is 0.254 e. The van der Waals surface area contributed by atoms with Crippen LogP contribution in [-0.4, -0.2) is 42.0 Å². The number of fused-ring (bicyclic) bond motifs is 1. The fourth-order valence-electron chi connectivity index (χ4n) is 3.53. The number of benzene rings is 1. The van der Waals surface area contributed by atoms with Crippen LogP contribution in [-0.2, 0) is 0 Å². The van der Waals surface area contributed by atoms with Gasteiger partial charge in [0.05, 0.1) is 11.1 Å². The fourth-order valence-corrected chi connectivity index (χ4v) is 3.71. The van der Waals surface area contributed by atoms with Crippen LogP contribution in [0.5, 0.6) is 0 Å². The van der Waals surface area contributed by atoms with E-state index in [1.165, 1.54) is 12.8 Å². The van der Waals surface area contributed by atoms with Crippen LogP contribution in [0.25, 0.3) is 10.9 Å². The van der Waals surface area contributed by atoms with E-state index in [4.69, 9.17) is 16.6 Å². The van der Waals surface area contributed by atoms with E-state index in [1.54, 1.807) is 0 Å². The highest BCUT2D eigenvalue weighted by atomic mass is 35.5. The van der Waals surface area contributed by atoms with Gasteiger partial charge < -0.3 is 10.2 Å². The Bertz CT molecular complexity index is 789. The normalized spacial score (nSPS) is 17.3. The van der Waals surface area contributed by atoms with Crippen molar-refractivity contribution in [3.63, 3.8) is 0 Å². The van der Waals surface area contributed by atoms with Crippen molar-refractivity contribution >= 4 is 53.2 Å². The largest absolute Gasteiger partial charge is 0.339 e. The summed E-state index contributed by atoms with van der Waals surface area (Å²) in [4.78, 5) is 19.9. The van der Waals surface area contributed by atoms with Gasteiger partial charge in [0.2, 0.25) is 0 Å². The predicted molar refractivity (Wildman–Crippen MR) is 111 cm³/mol. The Labute approximate surface area is 171 Å². The molecule has 1 saturated heterocycles. The van der Waals surface area contributed by atoms with Gasteiger partial charge in [-0.2, -0.15) is 0 Å². The van der Waals surface area contributed by atoms with E-state index in [2.05, 4.69) is 5.32 Å². The van der Waals surface area contributed by atoms with Gasteiger partial charge in [-0.15, -0.1) is 24.8 Å². The highest BCUT2D eigenvalue weighted by molar-refractivity contribution is 6.31. The van der Waals surface area contributed by atoms with Gasteiger partial charge in [0.25, 0.3) is 5.91 Å². The maximum absolute atomic E-state index is 13.2. The molecule has 2 fully saturated rings. The average molecular weight is 417 g/mol. The summed E-state index contributed by atoms with van der Waals surface area (Å²) in [7, 11) is 1.92. The highest BCUT2D eigenvalue weighted by Crippen LogP contribution is 2.40. The molecule has 1 N–H and O–H groups in total. The van der Waals surface area contributed by atoms with Gasteiger partial charge in [-0.25, -0.2) is 0 Å². The lowest BCUT2D eigenvalue weighted by Gasteiger charge is -2.32. The molecule has 0 unspecified atom stereocenters. The van der Waals surface area contributed by atoms with Crippen molar-refractivity contribution in [2.45, 2.75) is 37.6 Å². The molecule has 4 nitrogen and oxygen atoms in total. The Morgan fingerprint density at radius 3 is 2.50 bits per heavy atom. The van der Waals surface area contributed by atoms with Gasteiger partial charge in [0, 0.05) is 35.1 Å². The molecule has 2 heterocycles. The van der Waals surface area contributed by atoms with Crippen LogP contribution in [0.4, 0.5) is 0 Å². The molecule has 0 spiro atoms. The van der Waals surface area contributed by atoms with E-state index in [0.29, 0.717) is 17.0 Å². The van der Waals surface area contributed by atoms with E-state index in [-0.39, 0.29) is 30.7 Å². The number of nitrogens with one attached hydrogen (secondary N) is 1. The second kappa shape index (κ2) is 8.75. The van der Waals surface area contributed by atoms with Crippen LogP contribution in [0.2, 0.25) is 5.02 Å². The minimum atomic E-state index is 0. The van der Waals surface area contributed by atoms with E-state index >= 15 is 0 Å². The summed E-state index contributed by atoms with van der Waals surface area (Å²) in [6.07, 6.45) is 4.34. The number of halogens is 3. The Balaban J connectivity index is 0.00000121. The third-order valence-corrected chi connectivity index (χ3v) is 5.43.